The number of carbonyl (C=O) groups is 1. The first-order chi connectivity index (χ1) is 12.1. The SMILES string of the molecule is Cc1ccc(C(N)C(=O)Nc2cccc(CN3CCSCC3)c2)cc1.Cl.Cl. The summed E-state index contributed by atoms with van der Waals surface area (Å²) in [4.78, 5) is 14.9. The zero-order valence-corrected chi connectivity index (χ0v) is 17.8. The highest BCUT2D eigenvalue weighted by atomic mass is 35.5. The first-order valence-electron chi connectivity index (χ1n) is 8.64. The highest BCUT2D eigenvalue weighted by Gasteiger charge is 2.16. The molecule has 0 saturated carbocycles. The number of nitrogens with two attached hydrogens (primary N) is 1. The van der Waals surface area contributed by atoms with Crippen molar-refractivity contribution in [3.05, 3.63) is 65.2 Å². The minimum absolute atomic E-state index is 0. The van der Waals surface area contributed by atoms with Gasteiger partial charge in [-0.15, -0.1) is 24.8 Å². The van der Waals surface area contributed by atoms with Crippen LogP contribution in [0, 0.1) is 6.92 Å². The summed E-state index contributed by atoms with van der Waals surface area (Å²) in [7, 11) is 0. The number of thioether (sulfide) groups is 1. The number of hydrogen-bond donors (Lipinski definition) is 2. The fourth-order valence-electron chi connectivity index (χ4n) is 2.91. The van der Waals surface area contributed by atoms with E-state index in [2.05, 4.69) is 16.3 Å². The fraction of sp³-hybridized carbons (Fsp3) is 0.350. The molecule has 1 atom stereocenters. The van der Waals surface area contributed by atoms with Gasteiger partial charge in [-0.25, -0.2) is 0 Å². The van der Waals surface area contributed by atoms with Crippen molar-refractivity contribution in [2.24, 2.45) is 5.73 Å². The van der Waals surface area contributed by atoms with Gasteiger partial charge in [0.05, 0.1) is 0 Å². The Hall–Kier alpha value is -1.24. The van der Waals surface area contributed by atoms with Crippen LogP contribution in [0.1, 0.15) is 22.7 Å². The number of rotatable bonds is 5. The van der Waals surface area contributed by atoms with E-state index in [1.165, 1.54) is 17.1 Å². The van der Waals surface area contributed by atoms with Gasteiger partial charge in [0.25, 0.3) is 0 Å². The summed E-state index contributed by atoms with van der Waals surface area (Å²) in [6.45, 7) is 5.19. The van der Waals surface area contributed by atoms with Crippen LogP contribution in [0.25, 0.3) is 0 Å². The summed E-state index contributed by atoms with van der Waals surface area (Å²) < 4.78 is 0. The number of hydrogen-bond acceptors (Lipinski definition) is 4. The van der Waals surface area contributed by atoms with Gasteiger partial charge in [0, 0.05) is 36.8 Å². The van der Waals surface area contributed by atoms with Crippen molar-refractivity contribution in [3.63, 3.8) is 0 Å². The molecule has 7 heteroatoms. The Kier molecular flexibility index (Phi) is 10.2. The van der Waals surface area contributed by atoms with E-state index < -0.39 is 6.04 Å². The molecule has 27 heavy (non-hydrogen) atoms. The smallest absolute Gasteiger partial charge is 0.245 e. The van der Waals surface area contributed by atoms with Crippen LogP contribution in [0.5, 0.6) is 0 Å². The number of benzene rings is 2. The van der Waals surface area contributed by atoms with E-state index >= 15 is 0 Å². The third-order valence-corrected chi connectivity index (χ3v) is 5.37. The lowest BCUT2D eigenvalue weighted by Gasteiger charge is -2.26. The minimum atomic E-state index is -0.664. The number of carbonyl (C=O) groups excluding carboxylic acids is 1. The second-order valence-corrected chi connectivity index (χ2v) is 7.69. The molecule has 0 radical (unpaired) electrons. The highest BCUT2D eigenvalue weighted by molar-refractivity contribution is 7.99. The van der Waals surface area contributed by atoms with Crippen LogP contribution < -0.4 is 11.1 Å². The summed E-state index contributed by atoms with van der Waals surface area (Å²) in [6, 6.07) is 15.1. The van der Waals surface area contributed by atoms with E-state index in [-0.39, 0.29) is 30.7 Å². The Morgan fingerprint density at radius 1 is 1.15 bits per heavy atom. The van der Waals surface area contributed by atoms with Gasteiger partial charge in [0.15, 0.2) is 0 Å². The molecular formula is C20H27Cl2N3OS. The number of nitrogens with one attached hydrogen (secondary N) is 1. The molecule has 148 valence electrons. The Morgan fingerprint density at radius 2 is 1.81 bits per heavy atom. The zero-order valence-electron chi connectivity index (χ0n) is 15.4. The maximum Gasteiger partial charge on any atom is 0.245 e. The van der Waals surface area contributed by atoms with Crippen LogP contribution in [0.3, 0.4) is 0 Å². The Balaban J connectivity index is 0.00000182. The second-order valence-electron chi connectivity index (χ2n) is 6.47. The van der Waals surface area contributed by atoms with E-state index in [1.54, 1.807) is 0 Å². The molecule has 1 unspecified atom stereocenters. The van der Waals surface area contributed by atoms with Gasteiger partial charge in [0.2, 0.25) is 5.91 Å². The maximum atomic E-state index is 12.4. The van der Waals surface area contributed by atoms with Crippen molar-refractivity contribution in [2.45, 2.75) is 19.5 Å². The monoisotopic (exact) mass is 427 g/mol. The van der Waals surface area contributed by atoms with Crippen molar-refractivity contribution < 1.29 is 4.79 Å². The molecule has 0 aliphatic carbocycles. The summed E-state index contributed by atoms with van der Waals surface area (Å²) >= 11 is 2.01. The van der Waals surface area contributed by atoms with Gasteiger partial charge < -0.3 is 11.1 Å². The topological polar surface area (TPSA) is 58.4 Å². The molecule has 2 aromatic rings. The standard InChI is InChI=1S/C20H25N3OS.2ClH/c1-15-5-7-17(8-6-15)19(21)20(24)22-18-4-2-3-16(13-18)14-23-9-11-25-12-10-23;;/h2-8,13,19H,9-12,14,21H2,1H3,(H,22,24);2*1H. The maximum absolute atomic E-state index is 12.4. The number of amides is 1. The summed E-state index contributed by atoms with van der Waals surface area (Å²) in [5.74, 6) is 2.21. The predicted molar refractivity (Wildman–Crippen MR) is 120 cm³/mol. The number of nitrogens with zero attached hydrogens (tertiary/aromatic N) is 1. The van der Waals surface area contributed by atoms with Gasteiger partial charge in [0.1, 0.15) is 6.04 Å². The summed E-state index contributed by atoms with van der Waals surface area (Å²) in [6.07, 6.45) is 0. The first kappa shape index (κ1) is 23.8. The number of halogens is 2. The van der Waals surface area contributed by atoms with Crippen molar-refractivity contribution in [1.82, 2.24) is 4.90 Å². The van der Waals surface area contributed by atoms with E-state index in [9.17, 15) is 4.79 Å². The largest absolute Gasteiger partial charge is 0.324 e. The molecule has 0 spiro atoms. The van der Waals surface area contributed by atoms with Crippen LogP contribution in [0.4, 0.5) is 5.69 Å². The van der Waals surface area contributed by atoms with Gasteiger partial charge in [-0.1, -0.05) is 42.0 Å². The van der Waals surface area contributed by atoms with Crippen molar-refractivity contribution in [1.29, 1.82) is 0 Å². The van der Waals surface area contributed by atoms with Crippen molar-refractivity contribution in [2.75, 3.05) is 29.9 Å². The summed E-state index contributed by atoms with van der Waals surface area (Å²) in [5.41, 5.74) is 10.1. The Labute approximate surface area is 178 Å². The van der Waals surface area contributed by atoms with Gasteiger partial charge >= 0.3 is 0 Å². The Bertz CT molecular complexity index is 721. The molecule has 4 nitrogen and oxygen atoms in total. The van der Waals surface area contributed by atoms with E-state index in [4.69, 9.17) is 5.73 Å². The molecule has 0 aromatic heterocycles. The van der Waals surface area contributed by atoms with Crippen LogP contribution in [0.15, 0.2) is 48.5 Å². The van der Waals surface area contributed by atoms with Crippen LogP contribution in [0.2, 0.25) is 0 Å². The van der Waals surface area contributed by atoms with Crippen LogP contribution in [-0.4, -0.2) is 35.4 Å². The van der Waals surface area contributed by atoms with Crippen LogP contribution >= 0.6 is 36.6 Å². The second kappa shape index (κ2) is 11.6. The molecule has 3 N–H and O–H groups in total. The molecule has 0 bridgehead atoms. The zero-order chi connectivity index (χ0) is 17.6. The molecule has 1 fully saturated rings. The normalized spacial score (nSPS) is 15.2. The predicted octanol–water partition coefficient (Wildman–Crippen LogP) is 4.03. The van der Waals surface area contributed by atoms with Gasteiger partial charge in [-0.2, -0.15) is 11.8 Å². The third kappa shape index (κ3) is 7.01. The quantitative estimate of drug-likeness (QED) is 0.755. The van der Waals surface area contributed by atoms with Crippen LogP contribution in [-0.2, 0) is 11.3 Å². The molecule has 1 amide bonds. The molecule has 2 aromatic carbocycles. The molecule has 1 aliphatic rings. The van der Waals surface area contributed by atoms with Crippen molar-refractivity contribution in [3.8, 4) is 0 Å². The highest BCUT2D eigenvalue weighted by Crippen LogP contribution is 2.18. The molecule has 1 saturated heterocycles. The van der Waals surface area contributed by atoms with E-state index in [0.29, 0.717) is 0 Å². The average Bonchev–Trinajstić information content (AvgIpc) is 2.63. The van der Waals surface area contributed by atoms with Crippen molar-refractivity contribution >= 4 is 48.2 Å². The van der Waals surface area contributed by atoms with Gasteiger partial charge in [-0.05, 0) is 30.2 Å². The fourth-order valence-corrected chi connectivity index (χ4v) is 3.89. The number of anilines is 1. The number of aryl methyl sites for hydroxylation is 1. The summed E-state index contributed by atoms with van der Waals surface area (Å²) in [5, 5.41) is 2.95. The lowest BCUT2D eigenvalue weighted by Crippen LogP contribution is -2.32. The third-order valence-electron chi connectivity index (χ3n) is 4.42. The van der Waals surface area contributed by atoms with E-state index in [0.717, 1.165) is 36.4 Å². The Morgan fingerprint density at radius 3 is 2.48 bits per heavy atom. The lowest BCUT2D eigenvalue weighted by atomic mass is 10.1. The van der Waals surface area contributed by atoms with Gasteiger partial charge in [-0.3, -0.25) is 9.69 Å². The molecule has 1 aliphatic heterocycles. The molecule has 3 rings (SSSR count). The minimum Gasteiger partial charge on any atom is -0.324 e. The molecular weight excluding hydrogens is 401 g/mol. The molecule has 1 heterocycles. The average molecular weight is 428 g/mol. The first-order valence-corrected chi connectivity index (χ1v) is 9.79. The van der Waals surface area contributed by atoms with E-state index in [1.807, 2.05) is 61.2 Å². The lowest BCUT2D eigenvalue weighted by molar-refractivity contribution is -0.117.